The van der Waals surface area contributed by atoms with Crippen LogP contribution in [0.4, 0.5) is 0 Å². The van der Waals surface area contributed by atoms with Crippen molar-refractivity contribution in [3.05, 3.63) is 48.0 Å². The van der Waals surface area contributed by atoms with E-state index in [2.05, 4.69) is 11.9 Å². The molecule has 0 aromatic heterocycles. The number of hydrogen-bond donors (Lipinski definition) is 2. The third-order valence-electron chi connectivity index (χ3n) is 3.56. The predicted molar refractivity (Wildman–Crippen MR) is 84.8 cm³/mol. The highest BCUT2D eigenvalue weighted by molar-refractivity contribution is 6.27. The van der Waals surface area contributed by atoms with Crippen LogP contribution in [0.1, 0.15) is 12.5 Å². The third-order valence-corrected chi connectivity index (χ3v) is 4.03. The zero-order valence-electron chi connectivity index (χ0n) is 12.5. The van der Waals surface area contributed by atoms with E-state index in [1.165, 1.54) is 6.92 Å². The second-order valence-corrected chi connectivity index (χ2v) is 5.86. The van der Waals surface area contributed by atoms with Gasteiger partial charge in [-0.25, -0.2) is 4.79 Å². The first-order chi connectivity index (χ1) is 10.8. The van der Waals surface area contributed by atoms with Gasteiger partial charge >= 0.3 is 5.97 Å². The molecule has 0 saturated carbocycles. The van der Waals surface area contributed by atoms with Crippen LogP contribution in [0.2, 0.25) is 0 Å². The van der Waals surface area contributed by atoms with Crippen molar-refractivity contribution in [2.24, 2.45) is 0 Å². The molecule has 3 atom stereocenters. The van der Waals surface area contributed by atoms with Gasteiger partial charge in [0.1, 0.15) is 11.5 Å². The van der Waals surface area contributed by atoms with E-state index in [-0.39, 0.29) is 12.3 Å². The SMILES string of the molecule is C=C(C)C(C(=O)O)N1C(=O)[C@H](NC(=O)Cc2ccccc2)[C@H]1Cl. The molecule has 0 aliphatic carbocycles. The van der Waals surface area contributed by atoms with Gasteiger partial charge in [0.25, 0.3) is 5.91 Å². The Balaban J connectivity index is 1.98. The Morgan fingerprint density at radius 2 is 2.00 bits per heavy atom. The Hall–Kier alpha value is -2.34. The molecule has 1 unspecified atom stereocenters. The number of carboxylic acid groups (broad SMARTS) is 1. The lowest BCUT2D eigenvalue weighted by Gasteiger charge is -2.46. The quantitative estimate of drug-likeness (QED) is 0.353. The van der Waals surface area contributed by atoms with Crippen molar-refractivity contribution in [3.63, 3.8) is 0 Å². The van der Waals surface area contributed by atoms with Gasteiger partial charge in [-0.1, -0.05) is 48.5 Å². The van der Waals surface area contributed by atoms with Gasteiger partial charge in [0.2, 0.25) is 5.91 Å². The third kappa shape index (κ3) is 3.53. The second-order valence-electron chi connectivity index (χ2n) is 5.41. The van der Waals surface area contributed by atoms with Crippen LogP contribution in [0.3, 0.4) is 0 Å². The maximum atomic E-state index is 12.1. The van der Waals surface area contributed by atoms with Gasteiger partial charge in [0.15, 0.2) is 6.04 Å². The highest BCUT2D eigenvalue weighted by Gasteiger charge is 2.52. The van der Waals surface area contributed by atoms with E-state index in [0.29, 0.717) is 5.57 Å². The lowest BCUT2D eigenvalue weighted by Crippen LogP contribution is -2.72. The number of likely N-dealkylation sites (tertiary alicyclic amines) is 1. The van der Waals surface area contributed by atoms with Gasteiger partial charge in [-0.2, -0.15) is 0 Å². The fourth-order valence-electron chi connectivity index (χ4n) is 2.45. The van der Waals surface area contributed by atoms with Crippen LogP contribution in [-0.2, 0) is 20.8 Å². The molecule has 122 valence electrons. The first-order valence-electron chi connectivity index (χ1n) is 7.00. The Bertz CT molecular complexity index is 633. The summed E-state index contributed by atoms with van der Waals surface area (Å²) in [4.78, 5) is 36.4. The number of nitrogens with zero attached hydrogens (tertiary/aromatic N) is 1. The summed E-state index contributed by atoms with van der Waals surface area (Å²) in [6.07, 6.45) is 0.122. The van der Waals surface area contributed by atoms with Crippen LogP contribution in [0.25, 0.3) is 0 Å². The molecule has 1 aliphatic heterocycles. The van der Waals surface area contributed by atoms with Crippen LogP contribution in [-0.4, -0.2) is 45.4 Å². The zero-order valence-corrected chi connectivity index (χ0v) is 13.3. The van der Waals surface area contributed by atoms with Gasteiger partial charge in [-0.15, -0.1) is 0 Å². The van der Waals surface area contributed by atoms with Crippen molar-refractivity contribution >= 4 is 29.4 Å². The first-order valence-corrected chi connectivity index (χ1v) is 7.44. The van der Waals surface area contributed by atoms with Crippen molar-refractivity contribution in [1.82, 2.24) is 10.2 Å². The molecular weight excluding hydrogens is 320 g/mol. The van der Waals surface area contributed by atoms with E-state index in [1.54, 1.807) is 12.1 Å². The highest BCUT2D eigenvalue weighted by atomic mass is 35.5. The molecule has 2 rings (SSSR count). The topological polar surface area (TPSA) is 86.7 Å². The highest BCUT2D eigenvalue weighted by Crippen LogP contribution is 2.29. The fourth-order valence-corrected chi connectivity index (χ4v) is 2.83. The van der Waals surface area contributed by atoms with E-state index < -0.39 is 29.5 Å². The summed E-state index contributed by atoms with van der Waals surface area (Å²) in [5, 5.41) is 11.7. The maximum Gasteiger partial charge on any atom is 0.330 e. The molecule has 2 amide bonds. The average Bonchev–Trinajstić information content (AvgIpc) is 2.50. The van der Waals surface area contributed by atoms with Crippen LogP contribution < -0.4 is 5.32 Å². The molecule has 7 heteroatoms. The molecule has 1 aliphatic rings. The van der Waals surface area contributed by atoms with Crippen LogP contribution in [0.15, 0.2) is 42.5 Å². The minimum Gasteiger partial charge on any atom is -0.479 e. The van der Waals surface area contributed by atoms with Crippen molar-refractivity contribution in [2.45, 2.75) is 30.9 Å². The number of halogens is 1. The summed E-state index contributed by atoms with van der Waals surface area (Å²) in [5.74, 6) is -2.07. The summed E-state index contributed by atoms with van der Waals surface area (Å²) in [5.41, 5.74) is 0.190. The standard InChI is InChI=1S/C16H17ClN2O4/c1-9(2)13(16(22)23)19-14(17)12(15(19)21)18-11(20)8-10-6-4-3-5-7-10/h3-7,12-14H,1,8H2,2H3,(H,18,20)(H,22,23)/t12-,13?,14+/m1/s1. The molecule has 0 radical (unpaired) electrons. The summed E-state index contributed by atoms with van der Waals surface area (Å²) >= 11 is 6.09. The lowest BCUT2D eigenvalue weighted by molar-refractivity contribution is -0.160. The number of nitrogens with one attached hydrogen (secondary N) is 1. The molecule has 1 aromatic carbocycles. The predicted octanol–water partition coefficient (Wildman–Crippen LogP) is 1.15. The molecule has 2 N–H and O–H groups in total. The number of rotatable bonds is 6. The number of aliphatic carboxylic acids is 1. The number of carboxylic acids is 1. The van der Waals surface area contributed by atoms with E-state index in [1.807, 2.05) is 18.2 Å². The average molecular weight is 337 g/mol. The van der Waals surface area contributed by atoms with E-state index in [4.69, 9.17) is 11.6 Å². The smallest absolute Gasteiger partial charge is 0.330 e. The largest absolute Gasteiger partial charge is 0.479 e. The monoisotopic (exact) mass is 336 g/mol. The van der Waals surface area contributed by atoms with Crippen molar-refractivity contribution < 1.29 is 19.5 Å². The maximum absolute atomic E-state index is 12.1. The van der Waals surface area contributed by atoms with Gasteiger partial charge in [-0.3, -0.25) is 9.59 Å². The Labute approximate surface area is 138 Å². The first kappa shape index (κ1) is 17.0. The van der Waals surface area contributed by atoms with E-state index >= 15 is 0 Å². The normalized spacial score (nSPS) is 21.3. The number of hydrogen-bond acceptors (Lipinski definition) is 3. The van der Waals surface area contributed by atoms with Crippen molar-refractivity contribution in [2.75, 3.05) is 0 Å². The van der Waals surface area contributed by atoms with Crippen LogP contribution in [0, 0.1) is 0 Å². The van der Waals surface area contributed by atoms with Crippen molar-refractivity contribution in [1.29, 1.82) is 0 Å². The lowest BCUT2D eigenvalue weighted by atomic mass is 9.99. The Morgan fingerprint density at radius 1 is 1.39 bits per heavy atom. The molecule has 0 spiro atoms. The minimum absolute atomic E-state index is 0.122. The fraction of sp³-hybridized carbons (Fsp3) is 0.312. The van der Waals surface area contributed by atoms with Crippen molar-refractivity contribution in [3.8, 4) is 0 Å². The van der Waals surface area contributed by atoms with Gasteiger partial charge in [0.05, 0.1) is 6.42 Å². The molecule has 23 heavy (non-hydrogen) atoms. The number of benzene rings is 1. The second kappa shape index (κ2) is 6.83. The van der Waals surface area contributed by atoms with Gasteiger partial charge < -0.3 is 15.3 Å². The molecule has 1 heterocycles. The van der Waals surface area contributed by atoms with Crippen LogP contribution in [0.5, 0.6) is 0 Å². The molecule has 1 saturated heterocycles. The summed E-state index contributed by atoms with van der Waals surface area (Å²) in [7, 11) is 0. The van der Waals surface area contributed by atoms with E-state index in [0.717, 1.165) is 10.5 Å². The molecule has 1 fully saturated rings. The molecule has 6 nitrogen and oxygen atoms in total. The van der Waals surface area contributed by atoms with Crippen LogP contribution >= 0.6 is 11.6 Å². The summed E-state index contributed by atoms with van der Waals surface area (Å²) in [6, 6.07) is 6.96. The van der Waals surface area contributed by atoms with E-state index in [9.17, 15) is 19.5 Å². The minimum atomic E-state index is -1.20. The summed E-state index contributed by atoms with van der Waals surface area (Å²) < 4.78 is 0. The van der Waals surface area contributed by atoms with Gasteiger partial charge in [-0.05, 0) is 18.1 Å². The summed E-state index contributed by atoms with van der Waals surface area (Å²) in [6.45, 7) is 5.08. The number of carbonyl (C=O) groups is 3. The molecule has 0 bridgehead atoms. The molecular formula is C16H17ClN2O4. The Kier molecular flexibility index (Phi) is 5.05. The molecule has 1 aromatic rings. The number of amides is 2. The zero-order chi connectivity index (χ0) is 17.1. The number of β-lactam (4-membered cyclic amide) rings is 1. The number of alkyl halides is 1. The number of carbonyl (C=O) groups excluding carboxylic acids is 2. The van der Waals surface area contributed by atoms with Gasteiger partial charge in [0, 0.05) is 0 Å². The Morgan fingerprint density at radius 3 is 2.48 bits per heavy atom.